The molecule has 0 radical (unpaired) electrons. The van der Waals surface area contributed by atoms with Gasteiger partial charge in [-0.3, -0.25) is 0 Å². The highest BCUT2D eigenvalue weighted by molar-refractivity contribution is 14.1. The largest absolute Gasteiger partial charge is 0.508 e. The molecular formula is C42H51IN2O4. The summed E-state index contributed by atoms with van der Waals surface area (Å²) in [6.07, 6.45) is 14.6. The predicted octanol–water partition coefficient (Wildman–Crippen LogP) is 8.74. The van der Waals surface area contributed by atoms with E-state index < -0.39 is 0 Å². The number of aromatic hydroxyl groups is 1. The van der Waals surface area contributed by atoms with Crippen LogP contribution in [0.25, 0.3) is 0 Å². The zero-order valence-electron chi connectivity index (χ0n) is 29.1. The van der Waals surface area contributed by atoms with Crippen molar-refractivity contribution in [1.29, 1.82) is 0 Å². The minimum Gasteiger partial charge on any atom is -0.508 e. The van der Waals surface area contributed by atoms with Gasteiger partial charge in [-0.2, -0.15) is 0 Å². The lowest BCUT2D eigenvalue weighted by molar-refractivity contribution is -0.0137. The van der Waals surface area contributed by atoms with Gasteiger partial charge in [0.05, 0.1) is 10.7 Å². The van der Waals surface area contributed by atoms with Crippen molar-refractivity contribution in [2.75, 3.05) is 20.2 Å². The van der Waals surface area contributed by atoms with Crippen molar-refractivity contribution in [3.8, 4) is 11.5 Å². The average Bonchev–Trinajstić information content (AvgIpc) is 3.12. The molecule has 6 atom stereocenters. The number of fused-ring (bicyclic) bond motifs is 2. The van der Waals surface area contributed by atoms with E-state index in [1.54, 1.807) is 7.11 Å². The fourth-order valence-electron chi connectivity index (χ4n) is 11.3. The van der Waals surface area contributed by atoms with Crippen LogP contribution in [-0.2, 0) is 35.0 Å². The maximum atomic E-state index is 13.1. The molecule has 2 N–H and O–H groups in total. The lowest BCUT2D eigenvalue weighted by atomic mass is 9.52. The van der Waals surface area contributed by atoms with Crippen LogP contribution in [0.3, 0.4) is 0 Å². The third-order valence-corrected chi connectivity index (χ3v) is 14.3. The van der Waals surface area contributed by atoms with Crippen molar-refractivity contribution in [2.24, 2.45) is 11.8 Å². The van der Waals surface area contributed by atoms with Crippen LogP contribution in [0.2, 0.25) is 0 Å². The number of phenols is 1. The number of piperidine rings is 2. The van der Waals surface area contributed by atoms with Crippen LogP contribution in [-0.4, -0.2) is 48.4 Å². The molecule has 2 heterocycles. The molecule has 3 aromatic carbocycles. The minimum atomic E-state index is -0.158. The van der Waals surface area contributed by atoms with E-state index in [1.807, 2.05) is 42.2 Å². The molecule has 49 heavy (non-hydrogen) atoms. The molecule has 260 valence electrons. The van der Waals surface area contributed by atoms with Crippen LogP contribution < -0.4 is 10.1 Å². The first-order valence-electron chi connectivity index (χ1n) is 18.7. The Morgan fingerprint density at radius 2 is 1.63 bits per heavy atom. The van der Waals surface area contributed by atoms with E-state index in [-0.39, 0.29) is 17.6 Å². The van der Waals surface area contributed by atoms with Gasteiger partial charge >= 0.3 is 6.09 Å². The number of phenolic OH excluding ortho intramolecular Hbond substituents is 1. The maximum Gasteiger partial charge on any atom is 0.410 e. The first kappa shape index (κ1) is 33.4. The lowest BCUT2D eigenvalue weighted by Gasteiger charge is -2.58. The standard InChI is InChI=1S/C25H28INO3.C17H23NO/c1-29-23-15-20-18(13-21(23)26)14-22-19-9-5-6-10-25(19,20)11-12-27(22)24(28)30-16-17-7-3-2-4-8-17;1-11-8-12-9-15-13-4-2-3-5-17(13,6-7-18-15)14(12)10-16(11)19/h2-4,7-8,13,15,19,22H,5-6,9-12,14,16H2,1H3;8,10,13,15,18-19H,2-7,9H2,1H3/t19?,22-,25-;13?,15-,17-/m00/s1. The molecule has 9 rings (SSSR count). The number of carbonyl (C=O) groups is 1. The molecule has 6 aliphatic rings. The van der Waals surface area contributed by atoms with Gasteiger partial charge in [0.25, 0.3) is 0 Å². The van der Waals surface area contributed by atoms with Gasteiger partial charge in [0.2, 0.25) is 0 Å². The second kappa shape index (κ2) is 13.4. The third kappa shape index (κ3) is 5.75. The van der Waals surface area contributed by atoms with E-state index in [1.165, 1.54) is 80.0 Å². The summed E-state index contributed by atoms with van der Waals surface area (Å²) < 4.78 is 12.6. The van der Waals surface area contributed by atoms with Crippen LogP contribution in [0.15, 0.2) is 54.6 Å². The molecule has 3 aromatic rings. The number of carbonyl (C=O) groups excluding carboxylic acids is 1. The number of benzene rings is 3. The topological polar surface area (TPSA) is 71.0 Å². The maximum absolute atomic E-state index is 13.1. The number of ether oxygens (including phenoxy) is 2. The van der Waals surface area contributed by atoms with Gasteiger partial charge in [-0.1, -0.05) is 62.1 Å². The molecule has 2 unspecified atom stereocenters. The van der Waals surface area contributed by atoms with E-state index in [2.05, 4.69) is 52.2 Å². The van der Waals surface area contributed by atoms with Crippen LogP contribution in [0.5, 0.6) is 11.5 Å². The average molecular weight is 775 g/mol. The summed E-state index contributed by atoms with van der Waals surface area (Å²) in [5.41, 5.74) is 8.47. The smallest absolute Gasteiger partial charge is 0.410 e. The summed E-state index contributed by atoms with van der Waals surface area (Å²) in [5.74, 6) is 2.79. The first-order chi connectivity index (χ1) is 23.8. The summed E-state index contributed by atoms with van der Waals surface area (Å²) in [6, 6.07) is 19.8. The highest BCUT2D eigenvalue weighted by Gasteiger charge is 2.55. The Morgan fingerprint density at radius 1 is 0.918 bits per heavy atom. The summed E-state index contributed by atoms with van der Waals surface area (Å²) >= 11 is 2.36. The Bertz CT molecular complexity index is 1710. The van der Waals surface area contributed by atoms with E-state index >= 15 is 0 Å². The molecule has 4 bridgehead atoms. The van der Waals surface area contributed by atoms with E-state index in [4.69, 9.17) is 9.47 Å². The quantitative estimate of drug-likeness (QED) is 0.261. The normalized spacial score (nSPS) is 30.7. The number of likely N-dealkylation sites (tertiary alicyclic amines) is 1. The Balaban J connectivity index is 0.000000157. The molecule has 4 aliphatic carbocycles. The monoisotopic (exact) mass is 774 g/mol. The summed E-state index contributed by atoms with van der Waals surface area (Å²) in [7, 11) is 1.76. The molecule has 4 fully saturated rings. The molecule has 2 saturated carbocycles. The Labute approximate surface area is 305 Å². The van der Waals surface area contributed by atoms with Crippen molar-refractivity contribution in [2.45, 2.75) is 113 Å². The summed E-state index contributed by atoms with van der Waals surface area (Å²) in [5, 5.41) is 13.9. The number of methoxy groups -OCH3 is 1. The van der Waals surface area contributed by atoms with Gasteiger partial charge < -0.3 is 24.8 Å². The molecule has 6 nitrogen and oxygen atoms in total. The number of amides is 1. The number of aryl methyl sites for hydroxylation is 1. The van der Waals surface area contributed by atoms with Crippen LogP contribution in [0.4, 0.5) is 4.79 Å². The second-order valence-corrected chi connectivity index (χ2v) is 16.9. The van der Waals surface area contributed by atoms with Gasteiger partial charge in [0, 0.05) is 29.5 Å². The van der Waals surface area contributed by atoms with Gasteiger partial charge in [0.1, 0.15) is 18.1 Å². The third-order valence-electron chi connectivity index (χ3n) is 13.5. The zero-order valence-corrected chi connectivity index (χ0v) is 31.3. The van der Waals surface area contributed by atoms with Crippen LogP contribution in [0.1, 0.15) is 97.6 Å². The fraction of sp³-hybridized carbons (Fsp3) is 0.548. The van der Waals surface area contributed by atoms with Gasteiger partial charge in [-0.25, -0.2) is 4.79 Å². The number of nitrogens with one attached hydrogen (secondary N) is 1. The molecule has 1 amide bonds. The SMILES string of the molecule is COc1cc2c(cc1I)C[C@H]1C3CCCC[C@@]23CCN1C(=O)OCc1ccccc1.Cc1cc2c(cc1O)[C@]13CCCCC1[C@H](C2)NCC3. The molecule has 0 spiro atoms. The molecule has 2 saturated heterocycles. The van der Waals surface area contributed by atoms with Crippen molar-refractivity contribution >= 4 is 28.7 Å². The zero-order chi connectivity index (χ0) is 33.8. The van der Waals surface area contributed by atoms with Gasteiger partial charge in [-0.05, 0) is 151 Å². The second-order valence-electron chi connectivity index (χ2n) is 15.7. The minimum absolute atomic E-state index is 0.158. The summed E-state index contributed by atoms with van der Waals surface area (Å²) in [4.78, 5) is 15.1. The first-order valence-corrected chi connectivity index (χ1v) is 19.8. The van der Waals surface area contributed by atoms with Crippen LogP contribution >= 0.6 is 22.6 Å². The van der Waals surface area contributed by atoms with Gasteiger partial charge in [-0.15, -0.1) is 0 Å². The van der Waals surface area contributed by atoms with Crippen molar-refractivity contribution < 1.29 is 19.4 Å². The number of halogens is 1. The van der Waals surface area contributed by atoms with Crippen molar-refractivity contribution in [3.63, 3.8) is 0 Å². The molecule has 2 aliphatic heterocycles. The van der Waals surface area contributed by atoms with E-state index in [0.717, 1.165) is 58.7 Å². The molecular weight excluding hydrogens is 723 g/mol. The van der Waals surface area contributed by atoms with Crippen LogP contribution in [0, 0.1) is 22.3 Å². The number of nitrogens with zero attached hydrogens (tertiary/aromatic N) is 1. The number of rotatable bonds is 3. The lowest BCUT2D eigenvalue weighted by Crippen LogP contribution is -2.62. The Hall–Kier alpha value is -2.78. The van der Waals surface area contributed by atoms with E-state index in [0.29, 0.717) is 29.7 Å². The number of hydrogen-bond acceptors (Lipinski definition) is 5. The van der Waals surface area contributed by atoms with Gasteiger partial charge in [0.15, 0.2) is 0 Å². The Kier molecular flexibility index (Phi) is 9.13. The molecule has 0 aromatic heterocycles. The predicted molar refractivity (Wildman–Crippen MR) is 201 cm³/mol. The number of hydrogen-bond donors (Lipinski definition) is 2. The summed E-state index contributed by atoms with van der Waals surface area (Å²) in [6.45, 7) is 4.28. The fourth-order valence-corrected chi connectivity index (χ4v) is 12.0. The highest BCUT2D eigenvalue weighted by atomic mass is 127. The van der Waals surface area contributed by atoms with Crippen molar-refractivity contribution in [3.05, 3.63) is 91.5 Å². The molecule has 7 heteroatoms. The van der Waals surface area contributed by atoms with E-state index in [9.17, 15) is 9.90 Å². The Morgan fingerprint density at radius 3 is 2.41 bits per heavy atom. The highest BCUT2D eigenvalue weighted by Crippen LogP contribution is 2.57. The van der Waals surface area contributed by atoms with Crippen molar-refractivity contribution in [1.82, 2.24) is 10.2 Å².